The summed E-state index contributed by atoms with van der Waals surface area (Å²) in [5.41, 5.74) is 1.10. The average Bonchev–Trinajstić information content (AvgIpc) is 2.88. The monoisotopic (exact) mass is 278 g/mol. The summed E-state index contributed by atoms with van der Waals surface area (Å²) in [4.78, 5) is 14.3. The molecule has 0 unspecified atom stereocenters. The van der Waals surface area contributed by atoms with E-state index < -0.39 is 0 Å². The molecule has 1 aliphatic heterocycles. The molecule has 0 amide bonds. The predicted molar refractivity (Wildman–Crippen MR) is 82.3 cm³/mol. The summed E-state index contributed by atoms with van der Waals surface area (Å²) in [6, 6.07) is 1.72. The fraction of sp³-hybridized carbons (Fsp3) is 0.733. The van der Waals surface area contributed by atoms with Crippen LogP contribution in [0.3, 0.4) is 0 Å². The first-order valence-corrected chi connectivity index (χ1v) is 7.53. The fourth-order valence-electron chi connectivity index (χ4n) is 2.43. The lowest BCUT2D eigenvalue weighted by Gasteiger charge is -2.20. The van der Waals surface area contributed by atoms with Crippen LogP contribution in [0.4, 0.5) is 5.69 Å². The lowest BCUT2D eigenvalue weighted by molar-refractivity contribution is 0.406. The van der Waals surface area contributed by atoms with Crippen LogP contribution < -0.4 is 15.8 Å². The van der Waals surface area contributed by atoms with E-state index in [-0.39, 0.29) is 11.1 Å². The predicted octanol–water partition coefficient (Wildman–Crippen LogP) is 1.62. The summed E-state index contributed by atoms with van der Waals surface area (Å²) >= 11 is 0. The molecule has 1 aromatic rings. The molecule has 0 atom stereocenters. The Morgan fingerprint density at radius 3 is 2.60 bits per heavy atom. The van der Waals surface area contributed by atoms with Gasteiger partial charge in [-0.2, -0.15) is 5.10 Å². The minimum absolute atomic E-state index is 0.00478. The van der Waals surface area contributed by atoms with Crippen LogP contribution in [0.1, 0.15) is 40.0 Å². The van der Waals surface area contributed by atoms with Gasteiger partial charge in [0.2, 0.25) is 0 Å². The van der Waals surface area contributed by atoms with Gasteiger partial charge in [0, 0.05) is 31.2 Å². The maximum atomic E-state index is 12.0. The molecule has 2 rings (SSSR count). The van der Waals surface area contributed by atoms with Gasteiger partial charge in [-0.25, -0.2) is 4.68 Å². The number of hydrogen-bond acceptors (Lipinski definition) is 4. The highest BCUT2D eigenvalue weighted by molar-refractivity contribution is 5.43. The van der Waals surface area contributed by atoms with Crippen LogP contribution in [0.15, 0.2) is 17.1 Å². The van der Waals surface area contributed by atoms with Crippen LogP contribution >= 0.6 is 0 Å². The van der Waals surface area contributed by atoms with Crippen molar-refractivity contribution in [3.05, 3.63) is 22.6 Å². The number of nitrogens with one attached hydrogen (secondary N) is 1. The summed E-state index contributed by atoms with van der Waals surface area (Å²) in [5.74, 6) is 0. The van der Waals surface area contributed by atoms with Crippen molar-refractivity contribution in [3.63, 3.8) is 0 Å². The third-order valence-electron chi connectivity index (χ3n) is 3.53. The van der Waals surface area contributed by atoms with Gasteiger partial charge in [0.25, 0.3) is 5.56 Å². The molecule has 0 radical (unpaired) electrons. The van der Waals surface area contributed by atoms with Gasteiger partial charge >= 0.3 is 0 Å². The van der Waals surface area contributed by atoms with Gasteiger partial charge in [-0.05, 0) is 46.6 Å². The van der Waals surface area contributed by atoms with Crippen molar-refractivity contribution in [2.75, 3.05) is 24.5 Å². The van der Waals surface area contributed by atoms with Gasteiger partial charge in [0.15, 0.2) is 0 Å². The minimum atomic E-state index is 0.00478. The molecule has 1 saturated heterocycles. The van der Waals surface area contributed by atoms with Crippen LogP contribution in [0.5, 0.6) is 0 Å². The molecule has 0 saturated carbocycles. The number of anilines is 1. The van der Waals surface area contributed by atoms with Crippen molar-refractivity contribution < 1.29 is 0 Å². The first-order chi connectivity index (χ1) is 9.46. The Balaban J connectivity index is 1.88. The quantitative estimate of drug-likeness (QED) is 0.832. The average molecular weight is 278 g/mol. The molecule has 1 aromatic heterocycles. The second-order valence-corrected chi connectivity index (χ2v) is 6.50. The van der Waals surface area contributed by atoms with Crippen molar-refractivity contribution in [1.29, 1.82) is 0 Å². The fourth-order valence-corrected chi connectivity index (χ4v) is 2.43. The third-order valence-corrected chi connectivity index (χ3v) is 3.53. The van der Waals surface area contributed by atoms with Crippen molar-refractivity contribution in [2.24, 2.45) is 0 Å². The Labute approximate surface area is 121 Å². The van der Waals surface area contributed by atoms with Gasteiger partial charge in [0.05, 0.1) is 11.9 Å². The highest BCUT2D eigenvalue weighted by Gasteiger charge is 2.13. The molecule has 1 aliphatic rings. The van der Waals surface area contributed by atoms with Gasteiger partial charge in [0.1, 0.15) is 0 Å². The molecule has 1 fully saturated rings. The van der Waals surface area contributed by atoms with Crippen LogP contribution in [0.2, 0.25) is 0 Å². The zero-order valence-electron chi connectivity index (χ0n) is 12.9. The van der Waals surface area contributed by atoms with Crippen molar-refractivity contribution >= 4 is 5.69 Å². The van der Waals surface area contributed by atoms with Crippen molar-refractivity contribution in [2.45, 2.75) is 52.1 Å². The summed E-state index contributed by atoms with van der Waals surface area (Å²) < 4.78 is 1.56. The highest BCUT2D eigenvalue weighted by Crippen LogP contribution is 2.16. The molecule has 112 valence electrons. The number of rotatable bonds is 5. The van der Waals surface area contributed by atoms with E-state index in [9.17, 15) is 4.79 Å². The smallest absolute Gasteiger partial charge is 0.268 e. The summed E-state index contributed by atoms with van der Waals surface area (Å²) in [5, 5.41) is 7.71. The van der Waals surface area contributed by atoms with Crippen molar-refractivity contribution in [1.82, 2.24) is 15.1 Å². The van der Waals surface area contributed by atoms with E-state index in [1.807, 2.05) is 6.20 Å². The maximum Gasteiger partial charge on any atom is 0.268 e. The second kappa shape index (κ2) is 6.39. The summed E-state index contributed by atoms with van der Waals surface area (Å²) in [7, 11) is 0. The van der Waals surface area contributed by atoms with E-state index >= 15 is 0 Å². The first-order valence-electron chi connectivity index (χ1n) is 7.53. The molecule has 0 aromatic carbocycles. The zero-order chi connectivity index (χ0) is 14.6. The lowest BCUT2D eigenvalue weighted by atomic mass is 10.1. The van der Waals surface area contributed by atoms with Gasteiger partial charge in [-0.1, -0.05) is 0 Å². The first kappa shape index (κ1) is 15.0. The molecule has 0 bridgehead atoms. The Bertz CT molecular complexity index is 483. The van der Waals surface area contributed by atoms with E-state index in [1.165, 1.54) is 12.8 Å². The van der Waals surface area contributed by atoms with E-state index in [4.69, 9.17) is 0 Å². The van der Waals surface area contributed by atoms with Crippen LogP contribution in [0, 0.1) is 0 Å². The summed E-state index contributed by atoms with van der Waals surface area (Å²) in [6.07, 6.45) is 5.15. The molecule has 0 aliphatic carbocycles. The zero-order valence-corrected chi connectivity index (χ0v) is 12.9. The normalized spacial score (nSPS) is 15.8. The Hall–Kier alpha value is -1.36. The molecule has 2 heterocycles. The molecule has 5 nitrogen and oxygen atoms in total. The SMILES string of the molecule is CC(C)(C)NCCCn1ncc(N2CCCC2)cc1=O. The Morgan fingerprint density at radius 1 is 1.30 bits per heavy atom. The third kappa shape index (κ3) is 4.34. The Morgan fingerprint density at radius 2 is 2.00 bits per heavy atom. The maximum absolute atomic E-state index is 12.0. The molecule has 0 spiro atoms. The van der Waals surface area contributed by atoms with Gasteiger partial charge in [-0.3, -0.25) is 4.79 Å². The second-order valence-electron chi connectivity index (χ2n) is 6.50. The number of aromatic nitrogens is 2. The molecule has 1 N–H and O–H groups in total. The standard InChI is InChI=1S/C15H26N4O/c1-15(2,3)16-7-6-10-19-14(20)11-13(12-17-19)18-8-4-5-9-18/h11-12,16H,4-10H2,1-3H3. The van der Waals surface area contributed by atoms with E-state index in [2.05, 4.69) is 36.1 Å². The minimum Gasteiger partial charge on any atom is -0.370 e. The topological polar surface area (TPSA) is 50.2 Å². The van der Waals surface area contributed by atoms with Crippen molar-refractivity contribution in [3.8, 4) is 0 Å². The lowest BCUT2D eigenvalue weighted by Crippen LogP contribution is -2.37. The molecular formula is C15H26N4O. The molecule has 5 heteroatoms. The summed E-state index contributed by atoms with van der Waals surface area (Å²) in [6.45, 7) is 10.1. The van der Waals surface area contributed by atoms with Gasteiger partial charge in [-0.15, -0.1) is 0 Å². The van der Waals surface area contributed by atoms with E-state index in [0.29, 0.717) is 6.54 Å². The van der Waals surface area contributed by atoms with E-state index in [1.54, 1.807) is 10.7 Å². The number of aryl methyl sites for hydroxylation is 1. The van der Waals surface area contributed by atoms with Crippen LogP contribution in [0.25, 0.3) is 0 Å². The van der Waals surface area contributed by atoms with Crippen LogP contribution in [-0.4, -0.2) is 35.0 Å². The highest BCUT2D eigenvalue weighted by atomic mass is 16.1. The number of hydrogen-bond donors (Lipinski definition) is 1. The molecule has 20 heavy (non-hydrogen) atoms. The van der Waals surface area contributed by atoms with Crippen LogP contribution in [-0.2, 0) is 6.54 Å². The molecular weight excluding hydrogens is 252 g/mol. The largest absolute Gasteiger partial charge is 0.370 e. The number of nitrogens with zero attached hydrogens (tertiary/aromatic N) is 3. The van der Waals surface area contributed by atoms with Gasteiger partial charge < -0.3 is 10.2 Å². The Kier molecular flexibility index (Phi) is 4.81. The van der Waals surface area contributed by atoms with E-state index in [0.717, 1.165) is 31.7 Å².